The molecule has 2 aromatic heterocycles. The predicted octanol–water partition coefficient (Wildman–Crippen LogP) is 4.18. The van der Waals surface area contributed by atoms with Crippen LogP contribution in [0.15, 0.2) is 84.8 Å². The number of rotatable bonds is 7. The van der Waals surface area contributed by atoms with Gasteiger partial charge in [0.15, 0.2) is 0 Å². The lowest BCUT2D eigenvalue weighted by Crippen LogP contribution is -2.08. The van der Waals surface area contributed by atoms with Gasteiger partial charge in [-0.05, 0) is 42.8 Å². The van der Waals surface area contributed by atoms with Crippen molar-refractivity contribution in [1.82, 2.24) is 19.5 Å². The number of aromatic nitrogens is 4. The molecule has 4 rings (SSSR count). The van der Waals surface area contributed by atoms with Crippen molar-refractivity contribution in [3.63, 3.8) is 0 Å². The molecule has 9 heteroatoms. The summed E-state index contributed by atoms with van der Waals surface area (Å²) < 4.78 is 34.6. The number of hydrogen-bond donors (Lipinski definition) is 1. The Morgan fingerprint density at radius 1 is 1.03 bits per heavy atom. The summed E-state index contributed by atoms with van der Waals surface area (Å²) in [6.45, 7) is 1.77. The van der Waals surface area contributed by atoms with Crippen molar-refractivity contribution < 1.29 is 13.2 Å². The van der Waals surface area contributed by atoms with Crippen LogP contribution in [0.2, 0.25) is 0 Å². The van der Waals surface area contributed by atoms with Gasteiger partial charge in [-0.2, -0.15) is 4.98 Å². The van der Waals surface area contributed by atoms with Crippen molar-refractivity contribution >= 4 is 21.8 Å². The Morgan fingerprint density at radius 3 is 2.52 bits per heavy atom. The summed E-state index contributed by atoms with van der Waals surface area (Å²) in [5, 5.41) is 1.13. The van der Waals surface area contributed by atoms with Crippen LogP contribution in [-0.2, 0) is 10.0 Å². The fourth-order valence-corrected chi connectivity index (χ4v) is 3.62. The second kappa shape index (κ2) is 8.80. The van der Waals surface area contributed by atoms with E-state index >= 15 is 0 Å². The molecule has 0 aliphatic heterocycles. The smallest absolute Gasteiger partial charge is 0.255 e. The van der Waals surface area contributed by atoms with E-state index in [1.54, 1.807) is 60.5 Å². The molecule has 0 atom stereocenters. The number of aryl methyl sites for hydroxylation is 1. The van der Waals surface area contributed by atoms with E-state index in [1.165, 1.54) is 6.08 Å². The zero-order valence-electron chi connectivity index (χ0n) is 16.6. The number of imidazole rings is 1. The first-order valence-electron chi connectivity index (χ1n) is 9.35. The van der Waals surface area contributed by atoms with Crippen molar-refractivity contribution in [2.45, 2.75) is 6.92 Å². The first-order valence-corrected chi connectivity index (χ1v) is 10.9. The summed E-state index contributed by atoms with van der Waals surface area (Å²) in [6.07, 6.45) is 6.61. The fourth-order valence-electron chi connectivity index (χ4n) is 2.75. The lowest BCUT2D eigenvalue weighted by molar-refractivity contribution is 0.459. The molecule has 2 aromatic carbocycles. The topological polar surface area (TPSA) is 99.0 Å². The first kappa shape index (κ1) is 20.3. The summed E-state index contributed by atoms with van der Waals surface area (Å²) in [4.78, 5) is 12.7. The van der Waals surface area contributed by atoms with Crippen LogP contribution in [0.25, 0.3) is 11.9 Å². The van der Waals surface area contributed by atoms with Crippen LogP contribution < -0.4 is 9.46 Å². The van der Waals surface area contributed by atoms with Gasteiger partial charge in [0.2, 0.25) is 5.88 Å². The molecule has 8 nitrogen and oxygen atoms in total. The second-order valence-electron chi connectivity index (χ2n) is 6.57. The highest BCUT2D eigenvalue weighted by molar-refractivity contribution is 7.95. The molecule has 2 heterocycles. The van der Waals surface area contributed by atoms with E-state index in [0.717, 1.165) is 11.0 Å². The minimum absolute atomic E-state index is 0.371. The van der Waals surface area contributed by atoms with Gasteiger partial charge < -0.3 is 4.74 Å². The maximum Gasteiger partial charge on any atom is 0.255 e. The number of anilines is 1. The molecule has 0 fully saturated rings. The quantitative estimate of drug-likeness (QED) is 0.470. The van der Waals surface area contributed by atoms with E-state index in [9.17, 15) is 8.42 Å². The van der Waals surface area contributed by atoms with E-state index in [0.29, 0.717) is 29.0 Å². The van der Waals surface area contributed by atoms with Gasteiger partial charge >= 0.3 is 0 Å². The molecular formula is C22H19N5O3S. The van der Waals surface area contributed by atoms with Crippen molar-refractivity contribution in [1.29, 1.82) is 0 Å². The van der Waals surface area contributed by atoms with Crippen LogP contribution >= 0.6 is 0 Å². The van der Waals surface area contributed by atoms with Gasteiger partial charge in [0, 0.05) is 24.1 Å². The highest BCUT2D eigenvalue weighted by Crippen LogP contribution is 2.23. The van der Waals surface area contributed by atoms with E-state index < -0.39 is 10.0 Å². The molecule has 0 spiro atoms. The summed E-state index contributed by atoms with van der Waals surface area (Å²) in [6, 6.07) is 17.5. The number of nitrogens with one attached hydrogen (secondary N) is 1. The molecule has 31 heavy (non-hydrogen) atoms. The van der Waals surface area contributed by atoms with Crippen LogP contribution in [-0.4, -0.2) is 27.9 Å². The van der Waals surface area contributed by atoms with Gasteiger partial charge in [0.1, 0.15) is 23.7 Å². The maximum absolute atomic E-state index is 12.3. The van der Waals surface area contributed by atoms with Gasteiger partial charge in [-0.15, -0.1) is 0 Å². The Morgan fingerprint density at radius 2 is 1.81 bits per heavy atom. The van der Waals surface area contributed by atoms with Gasteiger partial charge in [0.25, 0.3) is 10.0 Å². The maximum atomic E-state index is 12.3. The minimum atomic E-state index is -3.64. The Bertz CT molecular complexity index is 1290. The van der Waals surface area contributed by atoms with E-state index in [2.05, 4.69) is 19.7 Å². The molecule has 0 unspecified atom stereocenters. The third-order valence-corrected chi connectivity index (χ3v) is 5.16. The largest absolute Gasteiger partial charge is 0.439 e. The summed E-state index contributed by atoms with van der Waals surface area (Å²) in [5.74, 6) is 2.07. The third-order valence-electron chi connectivity index (χ3n) is 4.15. The standard InChI is InChI=1S/C22H19N5O3S/c1-17-24-21(27-13-12-23-16-27)15-22(25-17)30-20-9-7-19(8-10-20)26-31(28,29)14-11-18-5-3-2-4-6-18/h2-16,26H,1H3/b14-11+. The number of benzene rings is 2. The Balaban J connectivity index is 1.45. The van der Waals surface area contributed by atoms with Crippen molar-refractivity contribution in [3.8, 4) is 17.4 Å². The molecule has 0 bridgehead atoms. The summed E-state index contributed by atoms with van der Waals surface area (Å²) in [5.41, 5.74) is 1.22. The number of sulfonamides is 1. The van der Waals surface area contributed by atoms with Crippen LogP contribution in [0, 0.1) is 6.92 Å². The second-order valence-corrected chi connectivity index (χ2v) is 8.13. The van der Waals surface area contributed by atoms with Crippen molar-refractivity contribution in [2.75, 3.05) is 4.72 Å². The number of hydrogen-bond acceptors (Lipinski definition) is 6. The molecule has 0 amide bonds. The predicted molar refractivity (Wildman–Crippen MR) is 118 cm³/mol. The van der Waals surface area contributed by atoms with Gasteiger partial charge in [0.05, 0.1) is 5.41 Å². The lowest BCUT2D eigenvalue weighted by Gasteiger charge is -2.09. The van der Waals surface area contributed by atoms with E-state index in [4.69, 9.17) is 4.74 Å². The molecule has 0 saturated carbocycles. The average Bonchev–Trinajstić information content (AvgIpc) is 3.29. The zero-order valence-corrected chi connectivity index (χ0v) is 17.4. The molecule has 1 N–H and O–H groups in total. The highest BCUT2D eigenvalue weighted by Gasteiger charge is 2.08. The van der Waals surface area contributed by atoms with Crippen LogP contribution in [0.5, 0.6) is 11.6 Å². The SMILES string of the molecule is Cc1nc(Oc2ccc(NS(=O)(=O)/C=C/c3ccccc3)cc2)cc(-n2ccnc2)n1. The summed E-state index contributed by atoms with van der Waals surface area (Å²) in [7, 11) is -3.64. The van der Waals surface area contributed by atoms with Crippen molar-refractivity contribution in [3.05, 3.63) is 96.2 Å². The van der Waals surface area contributed by atoms with Gasteiger partial charge in [-0.25, -0.2) is 18.4 Å². The molecule has 0 aliphatic rings. The Kier molecular flexibility index (Phi) is 5.76. The number of nitrogens with zero attached hydrogens (tertiary/aromatic N) is 4. The van der Waals surface area contributed by atoms with Crippen molar-refractivity contribution in [2.24, 2.45) is 0 Å². The zero-order chi connectivity index (χ0) is 21.7. The molecule has 0 aliphatic carbocycles. The van der Waals surface area contributed by atoms with Crippen LogP contribution in [0.4, 0.5) is 5.69 Å². The van der Waals surface area contributed by atoms with E-state index in [-0.39, 0.29) is 0 Å². The fraction of sp³-hybridized carbons (Fsp3) is 0.0455. The monoisotopic (exact) mass is 433 g/mol. The molecule has 0 radical (unpaired) electrons. The molecule has 0 saturated heterocycles. The Hall–Kier alpha value is -3.98. The average molecular weight is 433 g/mol. The first-order chi connectivity index (χ1) is 15.0. The van der Waals surface area contributed by atoms with Crippen LogP contribution in [0.1, 0.15) is 11.4 Å². The highest BCUT2D eigenvalue weighted by atomic mass is 32.2. The Labute approximate surface area is 180 Å². The number of ether oxygens (including phenoxy) is 1. The summed E-state index contributed by atoms with van der Waals surface area (Å²) >= 11 is 0. The van der Waals surface area contributed by atoms with Crippen LogP contribution in [0.3, 0.4) is 0 Å². The third kappa shape index (κ3) is 5.55. The molecule has 156 valence electrons. The molecule has 4 aromatic rings. The van der Waals surface area contributed by atoms with E-state index in [1.807, 2.05) is 30.3 Å². The normalized spacial score (nSPS) is 11.5. The molecular weight excluding hydrogens is 414 g/mol. The van der Waals surface area contributed by atoms with Gasteiger partial charge in [-0.1, -0.05) is 30.3 Å². The van der Waals surface area contributed by atoms with Gasteiger partial charge in [-0.3, -0.25) is 9.29 Å². The minimum Gasteiger partial charge on any atom is -0.439 e. The lowest BCUT2D eigenvalue weighted by atomic mass is 10.2.